The fourth-order valence-electron chi connectivity index (χ4n) is 4.69. The van der Waals surface area contributed by atoms with Crippen molar-refractivity contribution >= 4 is 29.9 Å². The fourth-order valence-corrected chi connectivity index (χ4v) is 4.69. The third-order valence-corrected chi connectivity index (χ3v) is 6.76. The number of aryl methyl sites for hydroxylation is 1. The molecule has 2 heterocycles. The molecule has 1 saturated carbocycles. The van der Waals surface area contributed by atoms with E-state index in [2.05, 4.69) is 30.4 Å². The van der Waals surface area contributed by atoms with E-state index in [1.807, 2.05) is 6.07 Å². The number of aromatic nitrogens is 3. The summed E-state index contributed by atoms with van der Waals surface area (Å²) < 4.78 is 41.8. The Morgan fingerprint density at radius 1 is 1.12 bits per heavy atom. The summed E-state index contributed by atoms with van der Waals surface area (Å²) in [6.45, 7) is 2.19. The van der Waals surface area contributed by atoms with Crippen LogP contribution < -0.4 is 10.6 Å². The van der Waals surface area contributed by atoms with Crippen molar-refractivity contribution in [1.82, 2.24) is 25.4 Å². The van der Waals surface area contributed by atoms with E-state index in [1.54, 1.807) is 7.05 Å². The smallest absolute Gasteiger partial charge is 0.356 e. The van der Waals surface area contributed by atoms with E-state index in [1.165, 1.54) is 25.0 Å². The minimum atomic E-state index is -4.33. The molecule has 6 nitrogen and oxygen atoms in total. The molecule has 1 aliphatic carbocycles. The van der Waals surface area contributed by atoms with Crippen molar-refractivity contribution in [1.29, 1.82) is 0 Å². The Bertz CT molecular complexity index is 952. The predicted molar refractivity (Wildman–Crippen MR) is 133 cm³/mol. The van der Waals surface area contributed by atoms with Crippen LogP contribution in [0.2, 0.25) is 0 Å². The lowest BCUT2D eigenvalue weighted by Gasteiger charge is -2.43. The van der Waals surface area contributed by atoms with Crippen LogP contribution in [0.4, 0.5) is 13.2 Å². The van der Waals surface area contributed by atoms with Gasteiger partial charge >= 0.3 is 6.18 Å². The zero-order valence-electron chi connectivity index (χ0n) is 18.9. The van der Waals surface area contributed by atoms with Gasteiger partial charge in [-0.15, -0.1) is 34.2 Å². The maximum absolute atomic E-state index is 13.2. The third-order valence-electron chi connectivity index (χ3n) is 6.76. The lowest BCUT2D eigenvalue weighted by Crippen LogP contribution is -2.49. The van der Waals surface area contributed by atoms with Crippen molar-refractivity contribution in [3.8, 4) is 0 Å². The van der Waals surface area contributed by atoms with Gasteiger partial charge in [-0.1, -0.05) is 31.0 Å². The van der Waals surface area contributed by atoms with Gasteiger partial charge in [0.2, 0.25) is 0 Å². The van der Waals surface area contributed by atoms with Gasteiger partial charge in [-0.2, -0.15) is 13.2 Å². The number of nitrogens with one attached hydrogen (secondary N) is 2. The Labute approximate surface area is 209 Å². The molecule has 1 aromatic heterocycles. The molecule has 1 aromatic carbocycles. The van der Waals surface area contributed by atoms with Crippen molar-refractivity contribution in [2.75, 3.05) is 20.1 Å². The lowest BCUT2D eigenvalue weighted by molar-refractivity contribution is -0.137. The van der Waals surface area contributed by atoms with E-state index in [4.69, 9.17) is 0 Å². The molecule has 0 radical (unpaired) electrons. The Morgan fingerprint density at radius 3 is 2.64 bits per heavy atom. The van der Waals surface area contributed by atoms with E-state index in [-0.39, 0.29) is 29.4 Å². The summed E-state index contributed by atoms with van der Waals surface area (Å²) in [7, 11) is 1.70. The molecule has 182 valence electrons. The molecule has 0 unspecified atom stereocenters. The van der Waals surface area contributed by atoms with Gasteiger partial charge in [0.05, 0.1) is 5.56 Å². The van der Waals surface area contributed by atoms with Gasteiger partial charge in [0, 0.05) is 44.9 Å². The number of hydrogen-bond acceptors (Lipinski definition) is 3. The van der Waals surface area contributed by atoms with E-state index >= 15 is 0 Å². The standard InChI is InChI=1S/C23H31F3N6.HI/c1-27-21(28-13-10-20-31-30-19-9-3-2-4-14-32(19)20)29-16-22(11-6-12-22)17-7-5-8-18(15-17)23(24,25)26;/h5,7-8,15H,2-4,6,9-14,16H2,1H3,(H2,27,28,29);1H. The van der Waals surface area contributed by atoms with Gasteiger partial charge in [0.1, 0.15) is 11.6 Å². The highest BCUT2D eigenvalue weighted by atomic mass is 127. The van der Waals surface area contributed by atoms with Crippen LogP contribution in [0.1, 0.15) is 61.3 Å². The minimum Gasteiger partial charge on any atom is -0.356 e. The molecule has 1 fully saturated rings. The quantitative estimate of drug-likeness (QED) is 0.303. The number of nitrogens with zero attached hydrogens (tertiary/aromatic N) is 4. The molecule has 33 heavy (non-hydrogen) atoms. The van der Waals surface area contributed by atoms with Crippen molar-refractivity contribution in [3.05, 3.63) is 47.0 Å². The van der Waals surface area contributed by atoms with Crippen LogP contribution in [0.3, 0.4) is 0 Å². The highest BCUT2D eigenvalue weighted by Gasteiger charge is 2.40. The number of guanidine groups is 1. The summed E-state index contributed by atoms with van der Waals surface area (Å²) in [6, 6.07) is 5.75. The molecule has 0 atom stereocenters. The number of benzene rings is 1. The molecule has 2 N–H and O–H groups in total. The van der Waals surface area contributed by atoms with Crippen LogP contribution in [0.15, 0.2) is 29.3 Å². The summed E-state index contributed by atoms with van der Waals surface area (Å²) in [5.41, 5.74) is -0.132. The number of fused-ring (bicyclic) bond motifs is 1. The van der Waals surface area contributed by atoms with E-state index < -0.39 is 11.7 Å². The number of alkyl halides is 3. The second kappa shape index (κ2) is 11.1. The predicted octanol–water partition coefficient (Wildman–Crippen LogP) is 4.47. The van der Waals surface area contributed by atoms with Crippen molar-refractivity contribution in [3.63, 3.8) is 0 Å². The summed E-state index contributed by atoms with van der Waals surface area (Å²) in [6.07, 6.45) is 3.70. The molecule has 0 bridgehead atoms. The molecular weight excluding hydrogens is 544 g/mol. The van der Waals surface area contributed by atoms with E-state index in [9.17, 15) is 13.2 Å². The van der Waals surface area contributed by atoms with Crippen LogP contribution >= 0.6 is 24.0 Å². The molecule has 0 saturated heterocycles. The number of hydrogen-bond donors (Lipinski definition) is 2. The first-order valence-electron chi connectivity index (χ1n) is 11.4. The van der Waals surface area contributed by atoms with Crippen molar-refractivity contribution in [2.45, 2.75) is 69.5 Å². The second-order valence-electron chi connectivity index (χ2n) is 8.81. The van der Waals surface area contributed by atoms with Crippen LogP contribution in [-0.2, 0) is 31.0 Å². The topological polar surface area (TPSA) is 67.1 Å². The highest BCUT2D eigenvalue weighted by Crippen LogP contribution is 2.44. The molecular formula is C23H32F3IN6. The minimum absolute atomic E-state index is 0. The molecule has 2 aromatic rings. The molecule has 0 amide bonds. The van der Waals surface area contributed by atoms with Crippen LogP contribution in [0, 0.1) is 0 Å². The third kappa shape index (κ3) is 5.99. The van der Waals surface area contributed by atoms with Gasteiger partial charge < -0.3 is 15.2 Å². The Hall–Kier alpha value is -1.85. The maximum atomic E-state index is 13.2. The molecule has 2 aliphatic rings. The van der Waals surface area contributed by atoms with Gasteiger partial charge in [-0.3, -0.25) is 4.99 Å². The summed E-state index contributed by atoms with van der Waals surface area (Å²) >= 11 is 0. The van der Waals surface area contributed by atoms with Crippen molar-refractivity contribution in [2.24, 2.45) is 4.99 Å². The number of rotatable bonds is 6. The number of halogens is 4. The normalized spacial score (nSPS) is 17.9. The Kier molecular flexibility index (Phi) is 8.63. The molecule has 1 aliphatic heterocycles. The van der Waals surface area contributed by atoms with E-state index in [0.29, 0.717) is 19.0 Å². The lowest BCUT2D eigenvalue weighted by atomic mass is 9.64. The van der Waals surface area contributed by atoms with Crippen LogP contribution in [0.25, 0.3) is 0 Å². The fraction of sp³-hybridized carbons (Fsp3) is 0.609. The zero-order valence-corrected chi connectivity index (χ0v) is 21.2. The molecule has 4 rings (SSSR count). The zero-order chi connectivity index (χ0) is 22.6. The highest BCUT2D eigenvalue weighted by molar-refractivity contribution is 14.0. The monoisotopic (exact) mass is 576 g/mol. The summed E-state index contributed by atoms with van der Waals surface area (Å²) in [5, 5.41) is 15.3. The van der Waals surface area contributed by atoms with Gasteiger partial charge in [0.25, 0.3) is 0 Å². The molecule has 10 heteroatoms. The molecule has 0 spiro atoms. The van der Waals surface area contributed by atoms with Gasteiger partial charge in [-0.05, 0) is 37.3 Å². The van der Waals surface area contributed by atoms with Gasteiger partial charge in [0.15, 0.2) is 5.96 Å². The van der Waals surface area contributed by atoms with E-state index in [0.717, 1.165) is 68.3 Å². The number of aliphatic imine (C=N–C) groups is 1. The Balaban J connectivity index is 0.00000306. The Morgan fingerprint density at radius 2 is 1.94 bits per heavy atom. The summed E-state index contributed by atoms with van der Waals surface area (Å²) in [4.78, 5) is 4.29. The average molecular weight is 576 g/mol. The van der Waals surface area contributed by atoms with Gasteiger partial charge in [-0.25, -0.2) is 0 Å². The van der Waals surface area contributed by atoms with Crippen LogP contribution in [0.5, 0.6) is 0 Å². The maximum Gasteiger partial charge on any atom is 0.416 e. The first-order chi connectivity index (χ1) is 15.4. The average Bonchev–Trinajstić information content (AvgIpc) is 2.97. The first kappa shape index (κ1) is 25.8. The summed E-state index contributed by atoms with van der Waals surface area (Å²) in [5.74, 6) is 2.72. The SMILES string of the molecule is CN=C(NCCc1nnc2n1CCCCC2)NCC1(c2cccc(C(F)(F)F)c2)CCC1.I. The van der Waals surface area contributed by atoms with Crippen molar-refractivity contribution < 1.29 is 13.2 Å². The largest absolute Gasteiger partial charge is 0.416 e. The van der Waals surface area contributed by atoms with Crippen LogP contribution in [-0.4, -0.2) is 40.9 Å². The first-order valence-corrected chi connectivity index (χ1v) is 11.4. The second-order valence-corrected chi connectivity index (χ2v) is 8.81.